The Morgan fingerprint density at radius 2 is 1.80 bits per heavy atom. The van der Waals surface area contributed by atoms with Gasteiger partial charge < -0.3 is 15.4 Å². The molecule has 0 unspecified atom stereocenters. The van der Waals surface area contributed by atoms with Crippen LogP contribution in [0.25, 0.3) is 0 Å². The van der Waals surface area contributed by atoms with Gasteiger partial charge in [-0.2, -0.15) is 0 Å². The van der Waals surface area contributed by atoms with Gasteiger partial charge in [-0.25, -0.2) is 0 Å². The highest BCUT2D eigenvalue weighted by Crippen LogP contribution is 2.27. The van der Waals surface area contributed by atoms with Gasteiger partial charge in [0, 0.05) is 26.2 Å². The van der Waals surface area contributed by atoms with Crippen molar-refractivity contribution in [3.05, 3.63) is 35.9 Å². The lowest BCUT2D eigenvalue weighted by Gasteiger charge is -2.39. The van der Waals surface area contributed by atoms with Crippen molar-refractivity contribution in [2.45, 2.75) is 43.9 Å². The molecule has 6 heteroatoms. The van der Waals surface area contributed by atoms with E-state index < -0.39 is 6.10 Å². The molecular weight excluding hydrogens is 318 g/mol. The molecule has 0 aromatic heterocycles. The number of carbonyl (C=O) groups is 2. The van der Waals surface area contributed by atoms with Crippen LogP contribution in [0.1, 0.15) is 37.4 Å². The smallest absolute Gasteiger partial charge is 0.256 e. The average molecular weight is 345 g/mol. The van der Waals surface area contributed by atoms with E-state index in [0.29, 0.717) is 19.1 Å². The average Bonchev–Trinajstić information content (AvgIpc) is 3.13. The Bertz CT molecular complexity index is 599. The molecule has 2 N–H and O–H groups in total. The third kappa shape index (κ3) is 3.85. The molecule has 136 valence electrons. The maximum absolute atomic E-state index is 12.8. The summed E-state index contributed by atoms with van der Waals surface area (Å²) in [6, 6.07) is 9.79. The lowest BCUT2D eigenvalue weighted by Crippen LogP contribution is -2.51. The van der Waals surface area contributed by atoms with Gasteiger partial charge >= 0.3 is 0 Å². The molecule has 3 rings (SSSR count). The summed E-state index contributed by atoms with van der Waals surface area (Å²) in [4.78, 5) is 28.6. The molecular formula is C19H27N3O3. The third-order valence-corrected chi connectivity index (χ3v) is 5.43. The fraction of sp³-hybridized carbons (Fsp3) is 0.579. The first-order chi connectivity index (χ1) is 12.1. The summed E-state index contributed by atoms with van der Waals surface area (Å²) >= 11 is 0. The summed E-state index contributed by atoms with van der Waals surface area (Å²) in [6.45, 7) is 2.31. The second-order valence-corrected chi connectivity index (χ2v) is 6.88. The van der Waals surface area contributed by atoms with E-state index in [0.717, 1.165) is 37.8 Å². The maximum Gasteiger partial charge on any atom is 0.256 e. The van der Waals surface area contributed by atoms with E-state index >= 15 is 0 Å². The predicted molar refractivity (Wildman–Crippen MR) is 94.7 cm³/mol. The molecule has 25 heavy (non-hydrogen) atoms. The van der Waals surface area contributed by atoms with Gasteiger partial charge in [-0.05, 0) is 37.8 Å². The van der Waals surface area contributed by atoms with Crippen molar-refractivity contribution in [3.63, 3.8) is 0 Å². The van der Waals surface area contributed by atoms with Crippen LogP contribution in [-0.4, -0.2) is 60.4 Å². The number of rotatable bonds is 5. The van der Waals surface area contributed by atoms with Crippen LogP contribution in [0.2, 0.25) is 0 Å². The van der Waals surface area contributed by atoms with E-state index in [-0.39, 0.29) is 17.9 Å². The number of amides is 2. The summed E-state index contributed by atoms with van der Waals surface area (Å²) in [7, 11) is 1.57. The van der Waals surface area contributed by atoms with Gasteiger partial charge in [0.05, 0.1) is 6.04 Å². The molecule has 2 aliphatic heterocycles. The minimum Gasteiger partial charge on any atom is -0.368 e. The van der Waals surface area contributed by atoms with E-state index in [9.17, 15) is 9.59 Å². The number of nitrogens with two attached hydrogens (primary N) is 1. The molecule has 0 aliphatic carbocycles. The lowest BCUT2D eigenvalue weighted by molar-refractivity contribution is -0.144. The zero-order valence-corrected chi connectivity index (χ0v) is 14.8. The minimum absolute atomic E-state index is 0.0139. The Labute approximate surface area is 148 Å². The van der Waals surface area contributed by atoms with Crippen molar-refractivity contribution < 1.29 is 14.3 Å². The summed E-state index contributed by atoms with van der Waals surface area (Å²) in [5.74, 6) is -0.209. The van der Waals surface area contributed by atoms with E-state index in [4.69, 9.17) is 10.5 Å². The van der Waals surface area contributed by atoms with Crippen LogP contribution < -0.4 is 5.73 Å². The standard InChI is InChI=1S/C19H27N3O3/c1-25-17(14-6-3-2-4-7-14)19(24)21-12-9-15(10-13-21)22-11-5-8-16(22)18(20)23/h2-4,6-7,15-17H,5,8-13H2,1H3,(H2,20,23)/t16-,17-/m1/s1. The molecule has 1 aromatic rings. The van der Waals surface area contributed by atoms with E-state index in [1.807, 2.05) is 35.2 Å². The molecule has 2 heterocycles. The molecule has 2 amide bonds. The number of methoxy groups -OCH3 is 1. The highest BCUT2D eigenvalue weighted by atomic mass is 16.5. The number of hydrogen-bond acceptors (Lipinski definition) is 4. The number of hydrogen-bond donors (Lipinski definition) is 1. The fourth-order valence-electron chi connectivity index (χ4n) is 4.12. The predicted octanol–water partition coefficient (Wildman–Crippen LogP) is 1.31. The van der Waals surface area contributed by atoms with Crippen molar-refractivity contribution in [1.29, 1.82) is 0 Å². The topological polar surface area (TPSA) is 75.9 Å². The monoisotopic (exact) mass is 345 g/mol. The second-order valence-electron chi connectivity index (χ2n) is 6.88. The molecule has 0 saturated carbocycles. The van der Waals surface area contributed by atoms with E-state index in [2.05, 4.69) is 4.90 Å². The molecule has 2 aliphatic rings. The molecule has 2 fully saturated rings. The molecule has 1 aromatic carbocycles. The van der Waals surface area contributed by atoms with Crippen molar-refractivity contribution in [2.24, 2.45) is 5.73 Å². The lowest BCUT2D eigenvalue weighted by atomic mass is 10.0. The normalized spacial score (nSPS) is 23.6. The van der Waals surface area contributed by atoms with Gasteiger partial charge in [-0.3, -0.25) is 14.5 Å². The van der Waals surface area contributed by atoms with Crippen molar-refractivity contribution >= 4 is 11.8 Å². The highest BCUT2D eigenvalue weighted by molar-refractivity contribution is 5.82. The highest BCUT2D eigenvalue weighted by Gasteiger charge is 2.37. The van der Waals surface area contributed by atoms with Crippen LogP contribution in [0.5, 0.6) is 0 Å². The zero-order valence-electron chi connectivity index (χ0n) is 14.8. The Morgan fingerprint density at radius 3 is 2.40 bits per heavy atom. The molecule has 2 atom stereocenters. The molecule has 0 spiro atoms. The Balaban J connectivity index is 1.60. The van der Waals surface area contributed by atoms with E-state index in [1.165, 1.54) is 0 Å². The number of benzene rings is 1. The molecule has 2 saturated heterocycles. The first-order valence-corrected chi connectivity index (χ1v) is 9.03. The summed E-state index contributed by atoms with van der Waals surface area (Å²) in [5, 5.41) is 0. The van der Waals surface area contributed by atoms with Gasteiger partial charge in [-0.1, -0.05) is 30.3 Å². The van der Waals surface area contributed by atoms with Gasteiger partial charge in [-0.15, -0.1) is 0 Å². The Kier molecular flexibility index (Phi) is 5.71. The van der Waals surface area contributed by atoms with Gasteiger partial charge in [0.15, 0.2) is 6.10 Å². The van der Waals surface area contributed by atoms with Crippen LogP contribution in [-0.2, 0) is 14.3 Å². The number of ether oxygens (including phenoxy) is 1. The van der Waals surface area contributed by atoms with Crippen LogP contribution in [0.15, 0.2) is 30.3 Å². The third-order valence-electron chi connectivity index (χ3n) is 5.43. The summed E-state index contributed by atoms with van der Waals surface area (Å²) in [6.07, 6.45) is 3.07. The van der Waals surface area contributed by atoms with Crippen molar-refractivity contribution in [2.75, 3.05) is 26.7 Å². The van der Waals surface area contributed by atoms with Crippen LogP contribution in [0, 0.1) is 0 Å². The molecule has 6 nitrogen and oxygen atoms in total. The van der Waals surface area contributed by atoms with Gasteiger partial charge in [0.2, 0.25) is 5.91 Å². The quantitative estimate of drug-likeness (QED) is 0.873. The number of carbonyl (C=O) groups excluding carboxylic acids is 2. The second kappa shape index (κ2) is 7.97. The minimum atomic E-state index is -0.553. The maximum atomic E-state index is 12.8. The largest absolute Gasteiger partial charge is 0.368 e. The zero-order chi connectivity index (χ0) is 17.8. The number of primary amides is 1. The van der Waals surface area contributed by atoms with Gasteiger partial charge in [0.1, 0.15) is 0 Å². The van der Waals surface area contributed by atoms with E-state index in [1.54, 1.807) is 7.11 Å². The number of likely N-dealkylation sites (tertiary alicyclic amines) is 2. The Morgan fingerprint density at radius 1 is 1.12 bits per heavy atom. The van der Waals surface area contributed by atoms with Crippen LogP contribution in [0.4, 0.5) is 0 Å². The van der Waals surface area contributed by atoms with Crippen LogP contribution in [0.3, 0.4) is 0 Å². The summed E-state index contributed by atoms with van der Waals surface area (Å²) in [5.41, 5.74) is 6.41. The Hall–Kier alpha value is -1.92. The van der Waals surface area contributed by atoms with Crippen molar-refractivity contribution in [3.8, 4) is 0 Å². The summed E-state index contributed by atoms with van der Waals surface area (Å²) < 4.78 is 5.46. The van der Waals surface area contributed by atoms with Gasteiger partial charge in [0.25, 0.3) is 5.91 Å². The van der Waals surface area contributed by atoms with Crippen LogP contribution >= 0.6 is 0 Å². The van der Waals surface area contributed by atoms with Crippen molar-refractivity contribution in [1.82, 2.24) is 9.80 Å². The fourth-order valence-corrected chi connectivity index (χ4v) is 4.12. The number of piperidine rings is 1. The first kappa shape index (κ1) is 17.9. The SMILES string of the molecule is CO[C@@H](C(=O)N1CCC(N2CCC[C@@H]2C(N)=O)CC1)c1ccccc1. The molecule has 0 bridgehead atoms. The number of nitrogens with zero attached hydrogens (tertiary/aromatic N) is 2. The first-order valence-electron chi connectivity index (χ1n) is 9.03. The molecule has 0 radical (unpaired) electrons.